The maximum absolute atomic E-state index is 5.47. The van der Waals surface area contributed by atoms with Gasteiger partial charge >= 0.3 is 0 Å². The van der Waals surface area contributed by atoms with Gasteiger partial charge in [0.1, 0.15) is 0 Å². The lowest BCUT2D eigenvalue weighted by molar-refractivity contribution is 0.0114. The largest absolute Gasteiger partial charge is 0.493 e. The van der Waals surface area contributed by atoms with Crippen molar-refractivity contribution in [2.24, 2.45) is 0 Å². The van der Waals surface area contributed by atoms with Gasteiger partial charge in [0.15, 0.2) is 11.6 Å². The maximum atomic E-state index is 5.47. The van der Waals surface area contributed by atoms with Crippen LogP contribution < -0.4 is 9.64 Å². The number of aromatic nitrogens is 1. The van der Waals surface area contributed by atoms with Gasteiger partial charge < -0.3 is 14.4 Å². The highest BCUT2D eigenvalue weighted by atomic mass is 16.5. The molecule has 5 heteroatoms. The van der Waals surface area contributed by atoms with Crippen LogP contribution in [0.25, 0.3) is 0 Å². The quantitative estimate of drug-likeness (QED) is 0.847. The van der Waals surface area contributed by atoms with Crippen LogP contribution in [0, 0.1) is 6.92 Å². The first-order valence-electron chi connectivity index (χ1n) is 7.86. The third-order valence-electron chi connectivity index (χ3n) is 4.52. The first kappa shape index (κ1) is 14.6. The molecule has 0 N–H and O–H groups in total. The van der Waals surface area contributed by atoms with Gasteiger partial charge in [-0.2, -0.15) is 0 Å². The van der Waals surface area contributed by atoms with E-state index in [0.717, 1.165) is 56.7 Å². The number of anilines is 1. The molecule has 0 radical (unpaired) electrons. The van der Waals surface area contributed by atoms with Crippen molar-refractivity contribution in [2.45, 2.75) is 25.8 Å². The molecule has 0 atom stereocenters. The molecular weight excluding hydrogens is 266 g/mol. The van der Waals surface area contributed by atoms with Crippen LogP contribution in [0.5, 0.6) is 5.75 Å². The Morgan fingerprint density at radius 3 is 2.52 bits per heavy atom. The molecule has 3 rings (SSSR count). The summed E-state index contributed by atoms with van der Waals surface area (Å²) in [7, 11) is 1.72. The van der Waals surface area contributed by atoms with Gasteiger partial charge in [0.25, 0.3) is 0 Å². The highest BCUT2D eigenvalue weighted by Gasteiger charge is 2.27. The number of ether oxygens (including phenoxy) is 2. The summed E-state index contributed by atoms with van der Waals surface area (Å²) in [5, 5.41) is 0. The Morgan fingerprint density at radius 2 is 1.86 bits per heavy atom. The molecule has 0 aliphatic carbocycles. The Hall–Kier alpha value is -1.33. The predicted octanol–water partition coefficient (Wildman–Crippen LogP) is 1.70. The van der Waals surface area contributed by atoms with Gasteiger partial charge in [-0.15, -0.1) is 0 Å². The molecule has 2 saturated heterocycles. The maximum Gasteiger partial charge on any atom is 0.171 e. The van der Waals surface area contributed by atoms with E-state index in [1.54, 1.807) is 7.11 Å². The minimum atomic E-state index is 0.695. The molecule has 0 aromatic carbocycles. The van der Waals surface area contributed by atoms with Gasteiger partial charge in [0.05, 0.1) is 20.3 Å². The molecule has 0 saturated carbocycles. The van der Waals surface area contributed by atoms with Gasteiger partial charge in [-0.1, -0.05) is 0 Å². The minimum Gasteiger partial charge on any atom is -0.493 e. The van der Waals surface area contributed by atoms with Crippen LogP contribution >= 0.6 is 0 Å². The normalized spacial score (nSPS) is 21.5. The van der Waals surface area contributed by atoms with Gasteiger partial charge in [-0.25, -0.2) is 4.98 Å². The Kier molecular flexibility index (Phi) is 4.60. The van der Waals surface area contributed by atoms with E-state index in [-0.39, 0.29) is 0 Å². The summed E-state index contributed by atoms with van der Waals surface area (Å²) in [5.74, 6) is 1.88. The van der Waals surface area contributed by atoms with Crippen LogP contribution in [0.4, 0.5) is 5.82 Å². The van der Waals surface area contributed by atoms with Crippen molar-refractivity contribution >= 4 is 5.82 Å². The molecule has 116 valence electrons. The molecule has 1 aromatic heterocycles. The third kappa shape index (κ3) is 3.30. The molecular formula is C16H25N3O2. The van der Waals surface area contributed by atoms with E-state index in [9.17, 15) is 0 Å². The number of methoxy groups -OCH3 is 1. The molecule has 0 amide bonds. The molecule has 0 bridgehead atoms. The molecule has 5 nitrogen and oxygen atoms in total. The summed E-state index contributed by atoms with van der Waals surface area (Å²) in [4.78, 5) is 9.62. The molecule has 2 aliphatic heterocycles. The first-order chi connectivity index (χ1) is 10.3. The molecule has 21 heavy (non-hydrogen) atoms. The van der Waals surface area contributed by atoms with E-state index in [4.69, 9.17) is 9.47 Å². The molecule has 0 unspecified atom stereocenters. The highest BCUT2D eigenvalue weighted by Crippen LogP contribution is 2.29. The SMILES string of the molecule is COc1ccc(C)nc1N1CCC(N2CCOCC2)CC1. The van der Waals surface area contributed by atoms with Crippen LogP contribution in [0.2, 0.25) is 0 Å². The van der Waals surface area contributed by atoms with Crippen molar-refractivity contribution in [3.8, 4) is 5.75 Å². The summed E-state index contributed by atoms with van der Waals surface area (Å²) in [6, 6.07) is 4.72. The number of pyridine rings is 1. The molecule has 2 fully saturated rings. The van der Waals surface area contributed by atoms with Gasteiger partial charge in [0, 0.05) is 37.9 Å². The average molecular weight is 291 g/mol. The van der Waals surface area contributed by atoms with E-state index < -0.39 is 0 Å². The average Bonchev–Trinajstić information content (AvgIpc) is 2.56. The lowest BCUT2D eigenvalue weighted by atomic mass is 10.0. The summed E-state index contributed by atoms with van der Waals surface area (Å²) < 4.78 is 10.9. The van der Waals surface area contributed by atoms with Crippen LogP contribution in [-0.4, -0.2) is 62.4 Å². The van der Waals surface area contributed by atoms with Gasteiger partial charge in [0.2, 0.25) is 0 Å². The summed E-state index contributed by atoms with van der Waals surface area (Å²) in [6.07, 6.45) is 2.39. The van der Waals surface area contributed by atoms with Crippen LogP contribution in [0.3, 0.4) is 0 Å². The molecule has 3 heterocycles. The van der Waals surface area contributed by atoms with Crippen LogP contribution in [0.1, 0.15) is 18.5 Å². The van der Waals surface area contributed by atoms with E-state index >= 15 is 0 Å². The van der Waals surface area contributed by atoms with Crippen molar-refractivity contribution in [3.05, 3.63) is 17.8 Å². The zero-order valence-corrected chi connectivity index (χ0v) is 13.0. The fourth-order valence-corrected chi connectivity index (χ4v) is 3.30. The number of hydrogen-bond acceptors (Lipinski definition) is 5. The smallest absolute Gasteiger partial charge is 0.171 e. The van der Waals surface area contributed by atoms with Gasteiger partial charge in [-0.05, 0) is 31.9 Å². The predicted molar refractivity (Wildman–Crippen MR) is 83.2 cm³/mol. The minimum absolute atomic E-state index is 0.695. The summed E-state index contributed by atoms with van der Waals surface area (Å²) >= 11 is 0. The summed E-state index contributed by atoms with van der Waals surface area (Å²) in [6.45, 7) is 8.06. The topological polar surface area (TPSA) is 37.8 Å². The fourth-order valence-electron chi connectivity index (χ4n) is 3.30. The van der Waals surface area contributed by atoms with Crippen LogP contribution in [-0.2, 0) is 4.74 Å². The second-order valence-electron chi connectivity index (χ2n) is 5.85. The van der Waals surface area contributed by atoms with E-state index in [2.05, 4.69) is 14.8 Å². The second-order valence-corrected chi connectivity index (χ2v) is 5.85. The number of aryl methyl sites for hydroxylation is 1. The van der Waals surface area contributed by atoms with Crippen molar-refractivity contribution < 1.29 is 9.47 Å². The van der Waals surface area contributed by atoms with E-state index in [0.29, 0.717) is 6.04 Å². The van der Waals surface area contributed by atoms with Crippen molar-refractivity contribution in [3.63, 3.8) is 0 Å². The lowest BCUT2D eigenvalue weighted by Crippen LogP contribution is -2.49. The number of hydrogen-bond donors (Lipinski definition) is 0. The number of rotatable bonds is 3. The zero-order chi connectivity index (χ0) is 14.7. The first-order valence-corrected chi connectivity index (χ1v) is 7.86. The number of piperidine rings is 1. The zero-order valence-electron chi connectivity index (χ0n) is 13.0. The molecule has 1 aromatic rings. The van der Waals surface area contributed by atoms with Crippen molar-refractivity contribution in [1.29, 1.82) is 0 Å². The van der Waals surface area contributed by atoms with E-state index in [1.807, 2.05) is 19.1 Å². The molecule has 2 aliphatic rings. The van der Waals surface area contributed by atoms with Gasteiger partial charge in [-0.3, -0.25) is 4.90 Å². The number of nitrogens with zero attached hydrogens (tertiary/aromatic N) is 3. The fraction of sp³-hybridized carbons (Fsp3) is 0.688. The van der Waals surface area contributed by atoms with Crippen molar-refractivity contribution in [1.82, 2.24) is 9.88 Å². The second kappa shape index (κ2) is 6.62. The Bertz CT molecular complexity index is 467. The highest BCUT2D eigenvalue weighted by molar-refractivity contribution is 5.53. The summed E-state index contributed by atoms with van der Waals surface area (Å²) in [5.41, 5.74) is 1.04. The third-order valence-corrected chi connectivity index (χ3v) is 4.52. The monoisotopic (exact) mass is 291 g/mol. The Morgan fingerprint density at radius 1 is 1.14 bits per heavy atom. The molecule has 0 spiro atoms. The standard InChI is InChI=1S/C16H25N3O2/c1-13-3-4-15(20-2)16(17-13)19-7-5-14(6-8-19)18-9-11-21-12-10-18/h3-4,14H,5-12H2,1-2H3. The number of morpholine rings is 1. The van der Waals surface area contributed by atoms with Crippen molar-refractivity contribution in [2.75, 3.05) is 51.4 Å². The lowest BCUT2D eigenvalue weighted by Gasteiger charge is -2.40. The van der Waals surface area contributed by atoms with Crippen LogP contribution in [0.15, 0.2) is 12.1 Å². The Balaban J connectivity index is 1.64. The Labute approximate surface area is 126 Å². The van der Waals surface area contributed by atoms with E-state index in [1.165, 1.54) is 12.8 Å².